The number of likely N-dealkylation sites (N-methyl/N-ethyl adjacent to an activating group) is 1. The average molecular weight is 435 g/mol. The zero-order valence-corrected chi connectivity index (χ0v) is 18.0. The fourth-order valence-corrected chi connectivity index (χ4v) is 4.32. The van der Waals surface area contributed by atoms with Gasteiger partial charge >= 0.3 is 0 Å². The van der Waals surface area contributed by atoms with Crippen LogP contribution in [0.3, 0.4) is 0 Å². The minimum absolute atomic E-state index is 0.151. The summed E-state index contributed by atoms with van der Waals surface area (Å²) in [6, 6.07) is 17.0. The van der Waals surface area contributed by atoms with Crippen LogP contribution in [0.5, 0.6) is 5.75 Å². The Bertz CT molecular complexity index is 1270. The first-order chi connectivity index (χ1) is 15.0. The van der Waals surface area contributed by atoms with Crippen molar-refractivity contribution in [3.63, 3.8) is 0 Å². The Morgan fingerprint density at radius 2 is 2.00 bits per heavy atom. The SMILES string of the molecule is COc1cccc(NC(=O)CN(C)Cc2nc3scc(-c4ccccc4)c3c(=O)[nH]2)c1. The van der Waals surface area contributed by atoms with E-state index in [1.54, 1.807) is 31.2 Å². The van der Waals surface area contributed by atoms with E-state index in [0.717, 1.165) is 11.1 Å². The van der Waals surface area contributed by atoms with Crippen LogP contribution in [0.1, 0.15) is 5.82 Å². The molecule has 0 aliphatic heterocycles. The summed E-state index contributed by atoms with van der Waals surface area (Å²) < 4.78 is 5.17. The van der Waals surface area contributed by atoms with E-state index in [1.807, 2.05) is 47.8 Å². The van der Waals surface area contributed by atoms with Gasteiger partial charge in [0.05, 0.1) is 25.6 Å². The van der Waals surface area contributed by atoms with E-state index in [0.29, 0.717) is 34.0 Å². The van der Waals surface area contributed by atoms with Gasteiger partial charge in [-0.2, -0.15) is 0 Å². The lowest BCUT2D eigenvalue weighted by molar-refractivity contribution is -0.117. The van der Waals surface area contributed by atoms with Crippen molar-refractivity contribution < 1.29 is 9.53 Å². The van der Waals surface area contributed by atoms with Crippen molar-refractivity contribution in [2.45, 2.75) is 6.54 Å². The second kappa shape index (κ2) is 9.11. The molecule has 0 saturated heterocycles. The Morgan fingerprint density at radius 1 is 1.19 bits per heavy atom. The number of nitrogens with zero attached hydrogens (tertiary/aromatic N) is 2. The van der Waals surface area contributed by atoms with Gasteiger partial charge < -0.3 is 15.0 Å². The molecule has 2 N–H and O–H groups in total. The maximum Gasteiger partial charge on any atom is 0.260 e. The molecule has 0 spiro atoms. The molecule has 0 aliphatic rings. The lowest BCUT2D eigenvalue weighted by Gasteiger charge is -2.16. The first-order valence-electron chi connectivity index (χ1n) is 9.72. The average Bonchev–Trinajstić information content (AvgIpc) is 3.19. The number of aromatic nitrogens is 2. The summed E-state index contributed by atoms with van der Waals surface area (Å²) in [7, 11) is 3.38. The van der Waals surface area contributed by atoms with Crippen LogP contribution in [0.15, 0.2) is 64.8 Å². The number of carbonyl (C=O) groups excluding carboxylic acids is 1. The number of aromatic amines is 1. The van der Waals surface area contributed by atoms with E-state index < -0.39 is 0 Å². The number of carbonyl (C=O) groups is 1. The highest BCUT2D eigenvalue weighted by molar-refractivity contribution is 7.17. The molecular weight excluding hydrogens is 412 g/mol. The standard InChI is InChI=1S/C23H22N4O3S/c1-27(13-20(28)24-16-9-6-10-17(11-16)30-2)12-19-25-22(29)21-18(14-31-23(21)26-19)15-7-4-3-5-8-15/h3-11,14H,12-13H2,1-2H3,(H,24,28)(H,25,26,29). The van der Waals surface area contributed by atoms with Gasteiger partial charge in [-0.3, -0.25) is 14.5 Å². The van der Waals surface area contributed by atoms with Crippen LogP contribution in [0.4, 0.5) is 5.69 Å². The summed E-state index contributed by atoms with van der Waals surface area (Å²) in [5, 5.41) is 5.40. The van der Waals surface area contributed by atoms with Crippen LogP contribution in [-0.4, -0.2) is 41.5 Å². The Kier molecular flexibility index (Phi) is 6.11. The molecule has 0 bridgehead atoms. The molecule has 7 nitrogen and oxygen atoms in total. The fourth-order valence-electron chi connectivity index (χ4n) is 3.36. The van der Waals surface area contributed by atoms with Gasteiger partial charge in [-0.15, -0.1) is 11.3 Å². The molecule has 0 aliphatic carbocycles. The molecule has 8 heteroatoms. The number of fused-ring (bicyclic) bond motifs is 1. The molecule has 31 heavy (non-hydrogen) atoms. The van der Waals surface area contributed by atoms with E-state index in [-0.39, 0.29) is 18.0 Å². The second-order valence-electron chi connectivity index (χ2n) is 7.16. The van der Waals surface area contributed by atoms with Gasteiger partial charge in [0.2, 0.25) is 5.91 Å². The summed E-state index contributed by atoms with van der Waals surface area (Å²) >= 11 is 1.44. The molecule has 0 saturated carbocycles. The largest absolute Gasteiger partial charge is 0.497 e. The van der Waals surface area contributed by atoms with E-state index in [9.17, 15) is 9.59 Å². The molecule has 0 fully saturated rings. The molecule has 4 rings (SSSR count). The molecular formula is C23H22N4O3S. The topological polar surface area (TPSA) is 87.3 Å². The van der Waals surface area contributed by atoms with Crippen molar-refractivity contribution in [1.29, 1.82) is 0 Å². The Morgan fingerprint density at radius 3 is 2.77 bits per heavy atom. The third kappa shape index (κ3) is 4.82. The normalized spacial score (nSPS) is 11.1. The van der Waals surface area contributed by atoms with Crippen LogP contribution < -0.4 is 15.6 Å². The fraction of sp³-hybridized carbons (Fsp3) is 0.174. The number of H-pyrrole nitrogens is 1. The van der Waals surface area contributed by atoms with Crippen LogP contribution in [0, 0.1) is 0 Å². The molecule has 1 amide bonds. The number of ether oxygens (including phenoxy) is 1. The van der Waals surface area contributed by atoms with Crippen molar-refractivity contribution in [3.8, 4) is 16.9 Å². The van der Waals surface area contributed by atoms with Gasteiger partial charge in [-0.25, -0.2) is 4.98 Å². The van der Waals surface area contributed by atoms with E-state index in [2.05, 4.69) is 15.3 Å². The number of hydrogen-bond donors (Lipinski definition) is 2. The first-order valence-corrected chi connectivity index (χ1v) is 10.6. The maximum atomic E-state index is 12.8. The van der Waals surface area contributed by atoms with Gasteiger partial charge in [-0.1, -0.05) is 36.4 Å². The van der Waals surface area contributed by atoms with E-state index in [1.165, 1.54) is 11.3 Å². The summed E-state index contributed by atoms with van der Waals surface area (Å²) in [6.45, 7) is 0.494. The van der Waals surface area contributed by atoms with Crippen LogP contribution in [0.25, 0.3) is 21.3 Å². The van der Waals surface area contributed by atoms with Crippen molar-refractivity contribution in [2.75, 3.05) is 26.0 Å². The maximum absolute atomic E-state index is 12.8. The molecule has 0 unspecified atom stereocenters. The molecule has 2 aromatic carbocycles. The van der Waals surface area contributed by atoms with Gasteiger partial charge in [-0.05, 0) is 24.7 Å². The number of thiophene rings is 1. The number of anilines is 1. The molecule has 0 radical (unpaired) electrons. The highest BCUT2D eigenvalue weighted by Gasteiger charge is 2.15. The Labute approximate surface area is 183 Å². The highest BCUT2D eigenvalue weighted by Crippen LogP contribution is 2.30. The molecule has 158 valence electrons. The molecule has 0 atom stereocenters. The van der Waals surface area contributed by atoms with Crippen LogP contribution >= 0.6 is 11.3 Å². The summed E-state index contributed by atoms with van der Waals surface area (Å²) in [5.74, 6) is 1.03. The van der Waals surface area contributed by atoms with Gasteiger partial charge in [0, 0.05) is 22.7 Å². The highest BCUT2D eigenvalue weighted by atomic mass is 32.1. The molecule has 2 heterocycles. The lowest BCUT2D eigenvalue weighted by atomic mass is 10.1. The molecule has 2 aromatic heterocycles. The van der Waals surface area contributed by atoms with Gasteiger partial charge in [0.15, 0.2) is 0 Å². The van der Waals surface area contributed by atoms with E-state index in [4.69, 9.17) is 4.74 Å². The number of hydrogen-bond acceptors (Lipinski definition) is 6. The molecule has 4 aromatic rings. The number of nitrogens with one attached hydrogen (secondary N) is 2. The number of amides is 1. The van der Waals surface area contributed by atoms with Crippen LogP contribution in [-0.2, 0) is 11.3 Å². The van der Waals surface area contributed by atoms with Crippen molar-refractivity contribution in [1.82, 2.24) is 14.9 Å². The lowest BCUT2D eigenvalue weighted by Crippen LogP contribution is -2.31. The third-order valence-corrected chi connectivity index (χ3v) is 5.64. The van der Waals surface area contributed by atoms with Gasteiger partial charge in [0.1, 0.15) is 16.4 Å². The summed E-state index contributed by atoms with van der Waals surface area (Å²) in [4.78, 5) is 35.1. The summed E-state index contributed by atoms with van der Waals surface area (Å²) in [5.41, 5.74) is 2.36. The zero-order valence-electron chi connectivity index (χ0n) is 17.2. The second-order valence-corrected chi connectivity index (χ2v) is 8.02. The number of benzene rings is 2. The minimum atomic E-state index is -0.172. The number of rotatable bonds is 7. The smallest absolute Gasteiger partial charge is 0.260 e. The Hall–Kier alpha value is -3.49. The monoisotopic (exact) mass is 434 g/mol. The predicted molar refractivity (Wildman–Crippen MR) is 124 cm³/mol. The van der Waals surface area contributed by atoms with E-state index >= 15 is 0 Å². The predicted octanol–water partition coefficient (Wildman–Crippen LogP) is 3.73. The van der Waals surface area contributed by atoms with Crippen LogP contribution in [0.2, 0.25) is 0 Å². The Balaban J connectivity index is 1.45. The van der Waals surface area contributed by atoms with Crippen molar-refractivity contribution >= 4 is 33.1 Å². The zero-order chi connectivity index (χ0) is 21.8. The summed E-state index contributed by atoms with van der Waals surface area (Å²) in [6.07, 6.45) is 0. The minimum Gasteiger partial charge on any atom is -0.497 e. The quantitative estimate of drug-likeness (QED) is 0.463. The van der Waals surface area contributed by atoms with Crippen molar-refractivity contribution in [3.05, 3.63) is 76.2 Å². The van der Waals surface area contributed by atoms with Gasteiger partial charge in [0.25, 0.3) is 5.56 Å². The number of methoxy groups -OCH3 is 1. The van der Waals surface area contributed by atoms with Crippen molar-refractivity contribution in [2.24, 2.45) is 0 Å². The first kappa shape index (κ1) is 20.8. The third-order valence-electron chi connectivity index (χ3n) is 4.76.